The van der Waals surface area contributed by atoms with E-state index >= 15 is 4.39 Å². The normalized spacial score (nSPS) is 16.0. The molecule has 1 amide bonds. The molecule has 3 N–H and O–H groups in total. The van der Waals surface area contributed by atoms with Gasteiger partial charge in [0.15, 0.2) is 5.75 Å². The number of nitrogens with zero attached hydrogens (tertiary/aromatic N) is 6. The second-order valence-electron chi connectivity index (χ2n) is 11.2. The summed E-state index contributed by atoms with van der Waals surface area (Å²) in [5, 5.41) is 1.14. The number of amides is 1. The van der Waals surface area contributed by atoms with Crippen LogP contribution >= 0.6 is 0 Å². The van der Waals surface area contributed by atoms with Crippen molar-refractivity contribution in [3.63, 3.8) is 0 Å². The number of rotatable bonds is 4. The Hall–Kier alpha value is -4.58. The van der Waals surface area contributed by atoms with Gasteiger partial charge in [0.1, 0.15) is 22.9 Å². The number of nitrogens with two attached hydrogens (primary N) is 1. The maximum atomic E-state index is 15.1. The fourth-order valence-corrected chi connectivity index (χ4v) is 5.07. The highest BCUT2D eigenvalue weighted by Crippen LogP contribution is 2.39. The average Bonchev–Trinajstić information content (AvgIpc) is 3.29. The Labute approximate surface area is 235 Å². The first-order chi connectivity index (χ1) is 19.6. The predicted octanol–water partition coefficient (Wildman–Crippen LogP) is 5.28. The first-order valence-electron chi connectivity index (χ1n) is 13.4. The van der Waals surface area contributed by atoms with Crippen LogP contribution in [0.2, 0.25) is 0 Å². The number of ether oxygens (including phenoxy) is 2. The van der Waals surface area contributed by atoms with Crippen molar-refractivity contribution in [1.29, 1.82) is 0 Å². The minimum atomic E-state index is -0.719. The Morgan fingerprint density at radius 1 is 1.20 bits per heavy atom. The number of anilines is 2. The van der Waals surface area contributed by atoms with E-state index in [1.807, 2.05) is 12.1 Å². The van der Waals surface area contributed by atoms with Gasteiger partial charge in [0, 0.05) is 43.8 Å². The summed E-state index contributed by atoms with van der Waals surface area (Å²) in [6, 6.07) is 8.19. The molecule has 1 aromatic carbocycles. The molecule has 5 aromatic rings. The Morgan fingerprint density at radius 3 is 2.80 bits per heavy atom. The lowest BCUT2D eigenvalue weighted by molar-refractivity contribution is 0.0589. The molecule has 0 aliphatic carbocycles. The molecule has 0 radical (unpaired) electrons. The van der Waals surface area contributed by atoms with Gasteiger partial charge in [-0.05, 0) is 57.9 Å². The minimum Gasteiger partial charge on any atom is -0.443 e. The molecule has 0 bridgehead atoms. The van der Waals surface area contributed by atoms with Crippen molar-refractivity contribution in [3.05, 3.63) is 48.5 Å². The van der Waals surface area contributed by atoms with E-state index in [4.69, 9.17) is 20.2 Å². The third-order valence-electron chi connectivity index (χ3n) is 6.89. The van der Waals surface area contributed by atoms with Gasteiger partial charge in [0.05, 0.1) is 33.8 Å². The van der Waals surface area contributed by atoms with Crippen LogP contribution in [0, 0.1) is 5.82 Å². The van der Waals surface area contributed by atoms with Crippen molar-refractivity contribution in [2.75, 3.05) is 29.9 Å². The number of hydrogen-bond acceptors (Lipinski definition) is 9. The van der Waals surface area contributed by atoms with E-state index in [1.165, 1.54) is 17.0 Å². The maximum absolute atomic E-state index is 15.1. The molecule has 6 rings (SSSR count). The Balaban J connectivity index is 1.50. The van der Waals surface area contributed by atoms with Crippen molar-refractivity contribution < 1.29 is 18.7 Å². The van der Waals surface area contributed by atoms with Crippen molar-refractivity contribution in [1.82, 2.24) is 24.9 Å². The molecule has 0 spiro atoms. The van der Waals surface area contributed by atoms with Crippen LogP contribution in [0.1, 0.15) is 33.6 Å². The van der Waals surface area contributed by atoms with Gasteiger partial charge >= 0.3 is 12.1 Å². The smallest absolute Gasteiger partial charge is 0.414 e. The molecule has 1 unspecified atom stereocenters. The summed E-state index contributed by atoms with van der Waals surface area (Å²) in [6.07, 6.45) is 4.44. The van der Waals surface area contributed by atoms with Gasteiger partial charge in [-0.1, -0.05) is 0 Å². The van der Waals surface area contributed by atoms with Crippen molar-refractivity contribution in [2.45, 2.75) is 45.3 Å². The van der Waals surface area contributed by atoms with Crippen LogP contribution in [-0.4, -0.2) is 62.8 Å². The lowest BCUT2D eigenvalue weighted by atomic mass is 10.1. The van der Waals surface area contributed by atoms with Crippen LogP contribution in [-0.2, 0) is 4.74 Å². The lowest BCUT2D eigenvalue weighted by Crippen LogP contribution is -2.43. The van der Waals surface area contributed by atoms with E-state index in [0.717, 1.165) is 18.4 Å². The third-order valence-corrected chi connectivity index (χ3v) is 6.89. The zero-order chi connectivity index (χ0) is 28.9. The number of aromatic amines is 1. The number of carbonyl (C=O) groups is 1. The van der Waals surface area contributed by atoms with E-state index in [2.05, 4.69) is 24.8 Å². The summed E-state index contributed by atoms with van der Waals surface area (Å²) >= 11 is 0. The summed E-state index contributed by atoms with van der Waals surface area (Å²) < 4.78 is 26.7. The van der Waals surface area contributed by atoms with Gasteiger partial charge in [0.25, 0.3) is 0 Å². The standard InChI is InChI=1S/C29H31FN8O3/c1-29(2,3)41-28(39)37(4)22-12-16(30)11-19-23-25(34-24(19)22)35-27(36-26(23)38-10-6-7-17(31)15-38)40-18-13-21-20(33-14-18)8-5-9-32-21/h5,8-9,11-14,17H,6-7,10,15,31H2,1-4H3,(H,34,35,36). The van der Waals surface area contributed by atoms with Gasteiger partial charge < -0.3 is 25.1 Å². The molecular formula is C29H31FN8O3. The molecule has 41 heavy (non-hydrogen) atoms. The molecule has 4 aromatic heterocycles. The summed E-state index contributed by atoms with van der Waals surface area (Å²) in [6.45, 7) is 6.61. The molecule has 1 fully saturated rings. The van der Waals surface area contributed by atoms with E-state index in [-0.39, 0.29) is 12.1 Å². The Bertz CT molecular complexity index is 1780. The highest BCUT2D eigenvalue weighted by atomic mass is 19.1. The number of fused-ring (bicyclic) bond motifs is 4. The zero-order valence-electron chi connectivity index (χ0n) is 23.3. The van der Waals surface area contributed by atoms with Gasteiger partial charge in [-0.25, -0.2) is 9.18 Å². The molecule has 1 atom stereocenters. The minimum absolute atomic E-state index is 0.0373. The summed E-state index contributed by atoms with van der Waals surface area (Å²) in [7, 11) is 1.54. The number of pyridine rings is 2. The second kappa shape index (κ2) is 10.1. The number of nitrogens with one attached hydrogen (secondary N) is 1. The molecule has 1 aliphatic rings. The van der Waals surface area contributed by atoms with Gasteiger partial charge in [-0.15, -0.1) is 0 Å². The topological polar surface area (TPSA) is 135 Å². The van der Waals surface area contributed by atoms with E-state index in [1.54, 1.807) is 46.3 Å². The monoisotopic (exact) mass is 558 g/mol. The number of H-pyrrole nitrogens is 1. The van der Waals surface area contributed by atoms with Crippen LogP contribution in [0.5, 0.6) is 11.8 Å². The number of benzene rings is 1. The van der Waals surface area contributed by atoms with Crippen LogP contribution in [0.25, 0.3) is 33.0 Å². The summed E-state index contributed by atoms with van der Waals surface area (Å²) in [5.41, 5.74) is 8.26. The van der Waals surface area contributed by atoms with Gasteiger partial charge in [0.2, 0.25) is 0 Å². The molecular weight excluding hydrogens is 527 g/mol. The van der Waals surface area contributed by atoms with Crippen molar-refractivity contribution in [3.8, 4) is 11.8 Å². The average molecular weight is 559 g/mol. The molecule has 5 heterocycles. The molecule has 12 heteroatoms. The molecule has 1 saturated heterocycles. The Morgan fingerprint density at radius 2 is 2.02 bits per heavy atom. The number of halogens is 1. The van der Waals surface area contributed by atoms with Gasteiger partial charge in [-0.2, -0.15) is 9.97 Å². The molecule has 212 valence electrons. The predicted molar refractivity (Wildman–Crippen MR) is 155 cm³/mol. The largest absolute Gasteiger partial charge is 0.443 e. The Kier molecular flexibility index (Phi) is 6.57. The fourth-order valence-electron chi connectivity index (χ4n) is 5.07. The molecule has 0 saturated carbocycles. The van der Waals surface area contributed by atoms with E-state index < -0.39 is 17.5 Å². The fraction of sp³-hybridized carbons (Fsp3) is 0.345. The SMILES string of the molecule is CN(C(=O)OC(C)(C)C)c1cc(F)cc2c1[nH]c1nc(Oc3cnc4cccnc4c3)nc(N3CCCC(N)C3)c12. The first kappa shape index (κ1) is 26.6. The zero-order valence-corrected chi connectivity index (χ0v) is 23.3. The summed E-state index contributed by atoms with van der Waals surface area (Å²) in [5.74, 6) is 0.472. The lowest BCUT2D eigenvalue weighted by Gasteiger charge is -2.32. The number of hydrogen-bond donors (Lipinski definition) is 2. The number of carbonyl (C=O) groups excluding carboxylic acids is 1. The number of aromatic nitrogens is 5. The highest BCUT2D eigenvalue weighted by Gasteiger charge is 2.27. The van der Waals surface area contributed by atoms with Crippen LogP contribution in [0.3, 0.4) is 0 Å². The van der Waals surface area contributed by atoms with Crippen LogP contribution < -0.4 is 20.3 Å². The summed E-state index contributed by atoms with van der Waals surface area (Å²) in [4.78, 5) is 37.7. The van der Waals surface area contributed by atoms with Gasteiger partial charge in [-0.3, -0.25) is 14.9 Å². The molecule has 11 nitrogen and oxygen atoms in total. The van der Waals surface area contributed by atoms with E-state index in [9.17, 15) is 4.79 Å². The number of piperidine rings is 1. The van der Waals surface area contributed by atoms with Crippen LogP contribution in [0.4, 0.5) is 20.7 Å². The highest BCUT2D eigenvalue weighted by molar-refractivity contribution is 6.16. The quantitative estimate of drug-likeness (QED) is 0.302. The second-order valence-corrected chi connectivity index (χ2v) is 11.2. The maximum Gasteiger partial charge on any atom is 0.414 e. The van der Waals surface area contributed by atoms with Crippen LogP contribution in [0.15, 0.2) is 42.7 Å². The molecule has 1 aliphatic heterocycles. The van der Waals surface area contributed by atoms with Crippen molar-refractivity contribution in [2.24, 2.45) is 5.73 Å². The first-order valence-corrected chi connectivity index (χ1v) is 13.4. The van der Waals surface area contributed by atoms with E-state index in [0.29, 0.717) is 57.8 Å². The van der Waals surface area contributed by atoms with Crippen molar-refractivity contribution >= 4 is 50.6 Å². The third kappa shape index (κ3) is 5.30.